The Morgan fingerprint density at radius 2 is 2.39 bits per heavy atom. The van der Waals surface area contributed by atoms with E-state index >= 15 is 0 Å². The molecule has 2 aliphatic heterocycles. The summed E-state index contributed by atoms with van der Waals surface area (Å²) in [6.07, 6.45) is 1.60. The van der Waals surface area contributed by atoms with Gasteiger partial charge in [0.05, 0.1) is 17.7 Å². The Morgan fingerprint density at radius 3 is 3.11 bits per heavy atom. The van der Waals surface area contributed by atoms with E-state index in [0.717, 1.165) is 25.3 Å². The molecule has 0 aliphatic carbocycles. The van der Waals surface area contributed by atoms with Crippen molar-refractivity contribution >= 4 is 23.2 Å². The van der Waals surface area contributed by atoms with Gasteiger partial charge in [-0.25, -0.2) is 0 Å². The zero-order valence-corrected chi connectivity index (χ0v) is 11.5. The minimum Gasteiger partial charge on any atom is -0.493 e. The Bertz CT molecular complexity index is 501. The summed E-state index contributed by atoms with van der Waals surface area (Å²) in [5.41, 5.74) is 2.64. The molecule has 1 aromatic carbocycles. The molecule has 0 aromatic heterocycles. The number of carbonyl (C=O) groups is 1. The minimum atomic E-state index is 0.256. The van der Waals surface area contributed by atoms with Gasteiger partial charge in [-0.1, -0.05) is 11.8 Å². The summed E-state index contributed by atoms with van der Waals surface area (Å²) in [6.45, 7) is 5.54. The van der Waals surface area contributed by atoms with E-state index in [9.17, 15) is 4.79 Å². The molecule has 0 saturated carbocycles. The highest BCUT2D eigenvalue weighted by Crippen LogP contribution is 2.50. The Labute approximate surface area is 111 Å². The highest BCUT2D eigenvalue weighted by molar-refractivity contribution is 8.00. The van der Waals surface area contributed by atoms with Crippen LogP contribution < -0.4 is 9.64 Å². The summed E-state index contributed by atoms with van der Waals surface area (Å²) in [4.78, 5) is 15.0. The molecule has 0 amide bonds. The van der Waals surface area contributed by atoms with Gasteiger partial charge in [0.25, 0.3) is 0 Å². The highest BCUT2D eigenvalue weighted by atomic mass is 32.2. The first-order chi connectivity index (χ1) is 8.70. The van der Waals surface area contributed by atoms with E-state index in [4.69, 9.17) is 4.74 Å². The molecule has 2 heterocycles. The van der Waals surface area contributed by atoms with Gasteiger partial charge in [0.1, 0.15) is 11.5 Å². The van der Waals surface area contributed by atoms with Gasteiger partial charge >= 0.3 is 0 Å². The van der Waals surface area contributed by atoms with Crippen LogP contribution in [0.3, 0.4) is 0 Å². The van der Waals surface area contributed by atoms with Crippen LogP contribution >= 0.6 is 11.8 Å². The third-order valence-electron chi connectivity index (χ3n) is 3.51. The molecule has 0 N–H and O–H groups in total. The topological polar surface area (TPSA) is 29.5 Å². The maximum atomic E-state index is 11.4. The van der Waals surface area contributed by atoms with Gasteiger partial charge in [0.2, 0.25) is 0 Å². The van der Waals surface area contributed by atoms with Crippen LogP contribution in [0.15, 0.2) is 17.0 Å². The number of anilines is 1. The number of thioether (sulfide) groups is 1. The number of nitrogens with zero attached hydrogens (tertiary/aromatic N) is 1. The molecule has 0 bridgehead atoms. The van der Waals surface area contributed by atoms with Crippen LogP contribution in [0.2, 0.25) is 0 Å². The van der Waals surface area contributed by atoms with E-state index in [1.54, 1.807) is 6.92 Å². The second-order valence-electron chi connectivity index (χ2n) is 4.75. The molecule has 0 spiro atoms. The van der Waals surface area contributed by atoms with Crippen molar-refractivity contribution < 1.29 is 9.53 Å². The summed E-state index contributed by atoms with van der Waals surface area (Å²) in [6, 6.07) is 4.20. The predicted molar refractivity (Wildman–Crippen MR) is 73.6 cm³/mol. The van der Waals surface area contributed by atoms with E-state index < -0.39 is 0 Å². The molecule has 96 valence electrons. The number of hydrogen-bond acceptors (Lipinski definition) is 4. The first-order valence-electron chi connectivity index (χ1n) is 6.42. The zero-order valence-electron chi connectivity index (χ0n) is 10.7. The smallest absolute Gasteiger partial charge is 0.132 e. The molecule has 0 radical (unpaired) electrons. The number of rotatable bonds is 3. The number of ether oxygens (including phenoxy) is 1. The molecule has 3 rings (SSSR count). The molecule has 1 aromatic rings. The van der Waals surface area contributed by atoms with E-state index in [-0.39, 0.29) is 11.2 Å². The first kappa shape index (κ1) is 11.9. The van der Waals surface area contributed by atoms with E-state index in [2.05, 4.69) is 24.0 Å². The number of fused-ring (bicyclic) bond motifs is 3. The summed E-state index contributed by atoms with van der Waals surface area (Å²) in [5.74, 6) is 1.28. The van der Waals surface area contributed by atoms with Crippen molar-refractivity contribution in [2.75, 3.05) is 18.1 Å². The van der Waals surface area contributed by atoms with Crippen LogP contribution in [0.25, 0.3) is 0 Å². The average Bonchev–Trinajstić information content (AvgIpc) is 2.89. The third-order valence-corrected chi connectivity index (χ3v) is 4.79. The monoisotopic (exact) mass is 263 g/mol. The van der Waals surface area contributed by atoms with Crippen molar-refractivity contribution in [2.45, 2.75) is 37.0 Å². The summed E-state index contributed by atoms with van der Waals surface area (Å²) < 4.78 is 5.63. The van der Waals surface area contributed by atoms with E-state index in [1.807, 2.05) is 11.8 Å². The minimum absolute atomic E-state index is 0.256. The molecule has 4 heteroatoms. The van der Waals surface area contributed by atoms with Crippen molar-refractivity contribution in [1.29, 1.82) is 0 Å². The van der Waals surface area contributed by atoms with Gasteiger partial charge in [-0.15, -0.1) is 0 Å². The molecule has 18 heavy (non-hydrogen) atoms. The van der Waals surface area contributed by atoms with Crippen molar-refractivity contribution in [3.8, 4) is 5.75 Å². The fourth-order valence-electron chi connectivity index (χ4n) is 2.76. The largest absolute Gasteiger partial charge is 0.493 e. The van der Waals surface area contributed by atoms with Gasteiger partial charge in [-0.2, -0.15) is 0 Å². The molecule has 2 aliphatic rings. The lowest BCUT2D eigenvalue weighted by Gasteiger charge is -2.25. The lowest BCUT2D eigenvalue weighted by Crippen LogP contribution is -2.31. The Hall–Kier alpha value is -1.16. The van der Waals surface area contributed by atoms with Crippen LogP contribution in [0.4, 0.5) is 5.69 Å². The van der Waals surface area contributed by atoms with Crippen molar-refractivity contribution in [3.05, 3.63) is 17.7 Å². The maximum absolute atomic E-state index is 11.4. The number of carbonyl (C=O) groups excluding carboxylic acids is 1. The fraction of sp³-hybridized carbons (Fsp3) is 0.500. The number of benzene rings is 1. The summed E-state index contributed by atoms with van der Waals surface area (Å²) >= 11 is 1.81. The van der Waals surface area contributed by atoms with Crippen LogP contribution in [-0.4, -0.2) is 24.3 Å². The van der Waals surface area contributed by atoms with Gasteiger partial charge in [-0.05, 0) is 26.0 Å². The quantitative estimate of drug-likeness (QED) is 0.838. The maximum Gasteiger partial charge on any atom is 0.132 e. The third kappa shape index (κ3) is 1.79. The van der Waals surface area contributed by atoms with Crippen LogP contribution in [0.1, 0.15) is 25.8 Å². The second kappa shape index (κ2) is 4.50. The molecule has 1 unspecified atom stereocenters. The van der Waals surface area contributed by atoms with Crippen LogP contribution in [0.5, 0.6) is 5.75 Å². The number of ketones is 1. The summed E-state index contributed by atoms with van der Waals surface area (Å²) in [5, 5.41) is 0.259. The van der Waals surface area contributed by atoms with Crippen molar-refractivity contribution in [1.82, 2.24) is 0 Å². The van der Waals surface area contributed by atoms with Crippen LogP contribution in [0, 0.1) is 0 Å². The van der Waals surface area contributed by atoms with Gasteiger partial charge in [0.15, 0.2) is 0 Å². The molecular weight excluding hydrogens is 246 g/mol. The first-order valence-corrected chi connectivity index (χ1v) is 7.30. The SMILES string of the molecule is CCN1c2c(ccc3c2CCO3)SC1CC(C)=O. The van der Waals surface area contributed by atoms with Crippen LogP contribution in [-0.2, 0) is 11.2 Å². The van der Waals surface area contributed by atoms with E-state index in [1.165, 1.54) is 16.1 Å². The Kier molecular flexibility index (Phi) is 2.98. The second-order valence-corrected chi connectivity index (χ2v) is 5.97. The molecule has 1 atom stereocenters. The normalized spacial score (nSPS) is 20.6. The average molecular weight is 263 g/mol. The highest BCUT2D eigenvalue weighted by Gasteiger charge is 2.34. The number of hydrogen-bond donors (Lipinski definition) is 0. The lowest BCUT2D eigenvalue weighted by atomic mass is 10.1. The standard InChI is InChI=1S/C14H17NO2S/c1-3-15-13(8-9(2)16)18-12-5-4-11-10(14(12)15)6-7-17-11/h4-5,13H,3,6-8H2,1-2H3. The van der Waals surface area contributed by atoms with Gasteiger partial charge < -0.3 is 9.64 Å². The van der Waals surface area contributed by atoms with Crippen molar-refractivity contribution in [2.24, 2.45) is 0 Å². The van der Waals surface area contributed by atoms with Crippen molar-refractivity contribution in [3.63, 3.8) is 0 Å². The van der Waals surface area contributed by atoms with Gasteiger partial charge in [-0.3, -0.25) is 4.79 Å². The lowest BCUT2D eigenvalue weighted by molar-refractivity contribution is -0.116. The molecule has 3 nitrogen and oxygen atoms in total. The summed E-state index contributed by atoms with van der Waals surface area (Å²) in [7, 11) is 0. The number of Topliss-reactive ketones (excluding diaryl/α,β-unsaturated/α-hetero) is 1. The molecule has 0 fully saturated rings. The zero-order chi connectivity index (χ0) is 12.7. The fourth-order valence-corrected chi connectivity index (χ4v) is 4.25. The molecular formula is C14H17NO2S. The Balaban J connectivity index is 2.00. The Morgan fingerprint density at radius 1 is 1.56 bits per heavy atom. The molecule has 0 saturated heterocycles. The van der Waals surface area contributed by atoms with Gasteiger partial charge in [0, 0.05) is 29.8 Å². The predicted octanol–water partition coefficient (Wildman–Crippen LogP) is 2.86. The van der Waals surface area contributed by atoms with E-state index in [0.29, 0.717) is 6.42 Å².